The zero-order valence-corrected chi connectivity index (χ0v) is 20.2. The highest BCUT2D eigenvalue weighted by molar-refractivity contribution is 14.1. The van der Waals surface area contributed by atoms with Crippen LogP contribution in [0.5, 0.6) is 0 Å². The molecule has 3 heterocycles. The van der Waals surface area contributed by atoms with Crippen molar-refractivity contribution in [1.82, 2.24) is 19.6 Å². The van der Waals surface area contributed by atoms with Crippen molar-refractivity contribution in [1.29, 1.82) is 0 Å². The van der Waals surface area contributed by atoms with E-state index in [1.165, 1.54) is 9.26 Å². The van der Waals surface area contributed by atoms with Gasteiger partial charge in [-0.15, -0.1) is 0 Å². The second-order valence-corrected chi connectivity index (χ2v) is 9.94. The van der Waals surface area contributed by atoms with E-state index < -0.39 is 5.60 Å². The number of rotatable bonds is 2. The smallest absolute Gasteiger partial charge is 0.410 e. The number of aromatic nitrogens is 2. The lowest BCUT2D eigenvalue weighted by Gasteiger charge is -2.35. The molecule has 0 N–H and O–H groups in total. The maximum atomic E-state index is 12.3. The molecule has 162 valence electrons. The van der Waals surface area contributed by atoms with Crippen LogP contribution in [0.1, 0.15) is 52.3 Å². The summed E-state index contributed by atoms with van der Waals surface area (Å²) in [6.07, 6.45) is 1.51. The summed E-state index contributed by atoms with van der Waals surface area (Å²) in [6.45, 7) is 13.9. The van der Waals surface area contributed by atoms with Gasteiger partial charge in [-0.1, -0.05) is 0 Å². The Morgan fingerprint density at radius 1 is 1.03 bits per heavy atom. The van der Waals surface area contributed by atoms with Gasteiger partial charge in [0, 0.05) is 46.2 Å². The number of piperidine rings is 1. The highest BCUT2D eigenvalue weighted by Gasteiger charge is 2.30. The third kappa shape index (κ3) is 5.16. The largest absolute Gasteiger partial charge is 0.444 e. The van der Waals surface area contributed by atoms with Gasteiger partial charge in [-0.25, -0.2) is 4.79 Å². The van der Waals surface area contributed by atoms with Crippen molar-refractivity contribution < 1.29 is 14.3 Å². The third-order valence-electron chi connectivity index (χ3n) is 5.55. The molecule has 2 amide bonds. The van der Waals surface area contributed by atoms with Gasteiger partial charge >= 0.3 is 6.09 Å². The maximum Gasteiger partial charge on any atom is 0.410 e. The van der Waals surface area contributed by atoms with Crippen LogP contribution < -0.4 is 4.90 Å². The van der Waals surface area contributed by atoms with E-state index in [-0.39, 0.29) is 18.0 Å². The number of piperazine rings is 1. The maximum absolute atomic E-state index is 12.3. The topological polar surface area (TPSA) is 70.9 Å². The van der Waals surface area contributed by atoms with Crippen molar-refractivity contribution in [2.75, 3.05) is 44.2 Å². The molecule has 1 aromatic heterocycles. The first-order valence-electron chi connectivity index (χ1n) is 10.3. The summed E-state index contributed by atoms with van der Waals surface area (Å²) < 4.78 is 8.81. The van der Waals surface area contributed by atoms with Crippen molar-refractivity contribution in [3.63, 3.8) is 0 Å². The summed E-state index contributed by atoms with van der Waals surface area (Å²) in [7, 11) is 0. The highest BCUT2D eigenvalue weighted by atomic mass is 127. The zero-order chi connectivity index (χ0) is 21.3. The zero-order valence-electron chi connectivity index (χ0n) is 18.1. The molecule has 3 rings (SSSR count). The molecule has 29 heavy (non-hydrogen) atoms. The fourth-order valence-electron chi connectivity index (χ4n) is 3.89. The Balaban J connectivity index is 1.64. The molecule has 0 aliphatic carbocycles. The molecule has 2 saturated heterocycles. The summed E-state index contributed by atoms with van der Waals surface area (Å²) in [5, 5.41) is 4.95. The Bertz CT molecular complexity index is 757. The molecule has 0 radical (unpaired) electrons. The number of anilines is 1. The average molecular weight is 517 g/mol. The molecule has 0 aromatic carbocycles. The first-order valence-corrected chi connectivity index (χ1v) is 11.4. The quantitative estimate of drug-likeness (QED) is 0.565. The fourth-order valence-corrected chi connectivity index (χ4v) is 4.59. The lowest BCUT2D eigenvalue weighted by molar-refractivity contribution is -0.129. The van der Waals surface area contributed by atoms with Crippen molar-refractivity contribution >= 4 is 40.4 Å². The summed E-state index contributed by atoms with van der Waals surface area (Å²) in [4.78, 5) is 29.8. The molecule has 0 unspecified atom stereocenters. The molecule has 0 bridgehead atoms. The van der Waals surface area contributed by atoms with Gasteiger partial charge in [-0.2, -0.15) is 5.10 Å². The summed E-state index contributed by atoms with van der Waals surface area (Å²) >= 11 is 2.38. The van der Waals surface area contributed by atoms with Gasteiger partial charge in [0.2, 0.25) is 5.91 Å². The van der Waals surface area contributed by atoms with E-state index >= 15 is 0 Å². The summed E-state index contributed by atoms with van der Waals surface area (Å²) in [5.41, 5.74) is 0.703. The van der Waals surface area contributed by atoms with Crippen LogP contribution in [0.15, 0.2) is 0 Å². The van der Waals surface area contributed by atoms with E-state index in [0.717, 1.165) is 44.8 Å². The van der Waals surface area contributed by atoms with Crippen LogP contribution in [0.4, 0.5) is 10.6 Å². The van der Waals surface area contributed by atoms with Gasteiger partial charge in [0.25, 0.3) is 0 Å². The second kappa shape index (κ2) is 8.69. The monoisotopic (exact) mass is 517 g/mol. The summed E-state index contributed by atoms with van der Waals surface area (Å²) in [5.74, 6) is 1.15. The Kier molecular flexibility index (Phi) is 6.64. The highest BCUT2D eigenvalue weighted by Crippen LogP contribution is 2.31. The third-order valence-corrected chi connectivity index (χ3v) is 6.81. The first kappa shape index (κ1) is 22.2. The molecule has 2 fully saturated rings. The van der Waals surface area contributed by atoms with Crippen LogP contribution in [-0.2, 0) is 9.53 Å². The van der Waals surface area contributed by atoms with Crippen molar-refractivity contribution in [3.8, 4) is 0 Å². The number of amides is 2. The molecular weight excluding hydrogens is 485 g/mol. The van der Waals surface area contributed by atoms with E-state index in [1.54, 1.807) is 11.8 Å². The van der Waals surface area contributed by atoms with Crippen LogP contribution in [0, 0.1) is 10.5 Å². The first-order chi connectivity index (χ1) is 13.6. The predicted molar refractivity (Wildman–Crippen MR) is 120 cm³/mol. The Morgan fingerprint density at radius 3 is 2.14 bits per heavy atom. The van der Waals surface area contributed by atoms with E-state index in [2.05, 4.69) is 39.1 Å². The second-order valence-electron chi connectivity index (χ2n) is 8.86. The van der Waals surface area contributed by atoms with Gasteiger partial charge in [0.1, 0.15) is 5.60 Å². The van der Waals surface area contributed by atoms with Gasteiger partial charge in [0.15, 0.2) is 5.82 Å². The van der Waals surface area contributed by atoms with Gasteiger partial charge < -0.3 is 19.4 Å². The minimum absolute atomic E-state index is 0.137. The Labute approximate surface area is 186 Å². The molecule has 2 aliphatic heterocycles. The number of carbonyl (C=O) groups excluding carboxylic acids is 2. The van der Waals surface area contributed by atoms with E-state index in [4.69, 9.17) is 9.84 Å². The predicted octanol–water partition coefficient (Wildman–Crippen LogP) is 3.04. The number of hydrogen-bond donors (Lipinski definition) is 0. The molecule has 9 heteroatoms. The molecule has 1 aromatic rings. The van der Waals surface area contributed by atoms with Crippen LogP contribution in [-0.4, -0.2) is 76.5 Å². The Hall–Kier alpha value is -1.52. The van der Waals surface area contributed by atoms with E-state index in [1.807, 2.05) is 25.7 Å². The molecule has 8 nitrogen and oxygen atoms in total. The SMILES string of the molecule is CC(=O)N1CCN(c2nn(C3CCN(C(=O)OC(C)(C)C)CC3)c(C)c2I)CC1. The van der Waals surface area contributed by atoms with Crippen LogP contribution in [0.25, 0.3) is 0 Å². The fraction of sp³-hybridized carbons (Fsp3) is 0.750. The molecular formula is C20H32IN5O3. The molecule has 0 atom stereocenters. The van der Waals surface area contributed by atoms with E-state index in [9.17, 15) is 9.59 Å². The van der Waals surface area contributed by atoms with Crippen LogP contribution >= 0.6 is 22.6 Å². The normalized spacial score (nSPS) is 18.9. The average Bonchev–Trinajstić information content (AvgIpc) is 2.96. The minimum atomic E-state index is -0.468. The summed E-state index contributed by atoms with van der Waals surface area (Å²) in [6, 6.07) is 0.287. The number of likely N-dealkylation sites (tertiary alicyclic amines) is 1. The lowest BCUT2D eigenvalue weighted by atomic mass is 10.1. The number of carbonyl (C=O) groups is 2. The van der Waals surface area contributed by atoms with Gasteiger partial charge in [0.05, 0.1) is 15.3 Å². The van der Waals surface area contributed by atoms with Gasteiger partial charge in [-0.3, -0.25) is 9.48 Å². The van der Waals surface area contributed by atoms with Crippen molar-refractivity contribution in [2.45, 2.75) is 59.1 Å². The number of hydrogen-bond acceptors (Lipinski definition) is 5. The Morgan fingerprint density at radius 2 is 1.62 bits per heavy atom. The number of nitrogens with zero attached hydrogens (tertiary/aromatic N) is 5. The van der Waals surface area contributed by atoms with Crippen molar-refractivity contribution in [2.24, 2.45) is 0 Å². The van der Waals surface area contributed by atoms with Crippen LogP contribution in [0.3, 0.4) is 0 Å². The minimum Gasteiger partial charge on any atom is -0.444 e. The van der Waals surface area contributed by atoms with Gasteiger partial charge in [-0.05, 0) is 63.1 Å². The van der Waals surface area contributed by atoms with Crippen LogP contribution in [0.2, 0.25) is 0 Å². The molecule has 2 aliphatic rings. The van der Waals surface area contributed by atoms with Crippen molar-refractivity contribution in [3.05, 3.63) is 9.26 Å². The lowest BCUT2D eigenvalue weighted by Crippen LogP contribution is -2.48. The van der Waals surface area contributed by atoms with E-state index in [0.29, 0.717) is 13.1 Å². The number of ether oxygens (including phenoxy) is 1. The standard InChI is InChI=1S/C20H32IN5O3/c1-14-17(21)18(24-12-10-23(11-13-24)15(2)27)22-26(14)16-6-8-25(9-7-16)19(28)29-20(3,4)5/h16H,6-13H2,1-5H3. The molecule has 0 saturated carbocycles. The molecule has 0 spiro atoms. The number of halogens is 1.